The van der Waals surface area contributed by atoms with Crippen molar-refractivity contribution in [2.24, 2.45) is 0 Å². The van der Waals surface area contributed by atoms with Crippen molar-refractivity contribution in [3.8, 4) is 5.75 Å². The van der Waals surface area contributed by atoms with Crippen molar-refractivity contribution in [1.29, 1.82) is 0 Å². The van der Waals surface area contributed by atoms with Gasteiger partial charge in [0.05, 0.1) is 24.2 Å². The van der Waals surface area contributed by atoms with Crippen LogP contribution >= 0.6 is 11.6 Å². The maximum absolute atomic E-state index is 5.91. The van der Waals surface area contributed by atoms with E-state index in [4.69, 9.17) is 22.1 Å². The third kappa shape index (κ3) is 2.68. The first-order valence-corrected chi connectivity index (χ1v) is 5.94. The minimum atomic E-state index is 0.603. The van der Waals surface area contributed by atoms with Crippen LogP contribution in [-0.4, -0.2) is 7.11 Å². The second-order valence-corrected chi connectivity index (χ2v) is 4.50. The number of anilines is 3. The Morgan fingerprint density at radius 2 is 1.89 bits per heavy atom. The molecule has 0 saturated carbocycles. The van der Waals surface area contributed by atoms with Crippen LogP contribution in [0.5, 0.6) is 5.75 Å². The lowest BCUT2D eigenvalue weighted by Crippen LogP contribution is -1.98. The molecule has 2 rings (SSSR count). The van der Waals surface area contributed by atoms with Gasteiger partial charge < -0.3 is 15.8 Å². The first kappa shape index (κ1) is 12.6. The third-order valence-corrected chi connectivity index (χ3v) is 2.87. The molecule has 0 amide bonds. The van der Waals surface area contributed by atoms with Crippen LogP contribution in [0.2, 0.25) is 5.02 Å². The van der Waals surface area contributed by atoms with E-state index in [0.717, 1.165) is 22.7 Å². The van der Waals surface area contributed by atoms with Crippen LogP contribution in [0.25, 0.3) is 0 Å². The number of aryl methyl sites for hydroxylation is 1. The maximum Gasteiger partial charge on any atom is 0.142 e. The summed E-state index contributed by atoms with van der Waals surface area (Å²) >= 11 is 5.87. The quantitative estimate of drug-likeness (QED) is 0.823. The van der Waals surface area contributed by atoms with Gasteiger partial charge in [0, 0.05) is 5.02 Å². The SMILES string of the molecule is COc1ccc(C)cc1Nc1ccc(Cl)cc1N. The summed E-state index contributed by atoms with van der Waals surface area (Å²) in [5.41, 5.74) is 9.35. The zero-order valence-electron chi connectivity index (χ0n) is 10.3. The fourth-order valence-electron chi connectivity index (χ4n) is 1.71. The van der Waals surface area contributed by atoms with Crippen molar-refractivity contribution in [2.45, 2.75) is 6.92 Å². The van der Waals surface area contributed by atoms with Crippen LogP contribution in [0.3, 0.4) is 0 Å². The van der Waals surface area contributed by atoms with Crippen molar-refractivity contribution in [1.82, 2.24) is 0 Å². The molecule has 0 heterocycles. The molecule has 18 heavy (non-hydrogen) atoms. The molecule has 0 saturated heterocycles. The standard InChI is InChI=1S/C14H15ClN2O/c1-9-3-6-14(18-2)13(7-9)17-12-5-4-10(15)8-11(12)16/h3-8,17H,16H2,1-2H3. The Kier molecular flexibility index (Phi) is 3.63. The number of hydrogen-bond donors (Lipinski definition) is 2. The number of ether oxygens (including phenoxy) is 1. The van der Waals surface area contributed by atoms with Crippen LogP contribution < -0.4 is 15.8 Å². The lowest BCUT2D eigenvalue weighted by atomic mass is 10.2. The molecule has 3 N–H and O–H groups in total. The van der Waals surface area contributed by atoms with Crippen LogP contribution in [-0.2, 0) is 0 Å². The molecule has 2 aromatic carbocycles. The van der Waals surface area contributed by atoms with Crippen LogP contribution in [0.4, 0.5) is 17.1 Å². The zero-order valence-corrected chi connectivity index (χ0v) is 11.1. The fraction of sp³-hybridized carbons (Fsp3) is 0.143. The summed E-state index contributed by atoms with van der Waals surface area (Å²) in [4.78, 5) is 0. The molecule has 0 aromatic heterocycles. The molecule has 0 spiro atoms. The maximum atomic E-state index is 5.91. The van der Waals surface area contributed by atoms with E-state index in [9.17, 15) is 0 Å². The van der Waals surface area contributed by atoms with Gasteiger partial charge in [0.2, 0.25) is 0 Å². The van der Waals surface area contributed by atoms with E-state index in [1.165, 1.54) is 0 Å². The van der Waals surface area contributed by atoms with Gasteiger partial charge in [0.25, 0.3) is 0 Å². The zero-order chi connectivity index (χ0) is 13.1. The summed E-state index contributed by atoms with van der Waals surface area (Å²) in [6.45, 7) is 2.02. The molecule has 0 fully saturated rings. The number of halogens is 1. The van der Waals surface area contributed by atoms with Crippen LogP contribution in [0, 0.1) is 6.92 Å². The predicted molar refractivity (Wildman–Crippen MR) is 76.9 cm³/mol. The molecule has 0 aliphatic heterocycles. The average molecular weight is 263 g/mol. The lowest BCUT2D eigenvalue weighted by molar-refractivity contribution is 0.416. The molecule has 94 valence electrons. The van der Waals surface area contributed by atoms with Crippen molar-refractivity contribution in [3.63, 3.8) is 0 Å². The van der Waals surface area contributed by atoms with Crippen molar-refractivity contribution >= 4 is 28.7 Å². The highest BCUT2D eigenvalue weighted by molar-refractivity contribution is 6.31. The van der Waals surface area contributed by atoms with Gasteiger partial charge in [-0.2, -0.15) is 0 Å². The molecule has 0 radical (unpaired) electrons. The number of benzene rings is 2. The third-order valence-electron chi connectivity index (χ3n) is 2.64. The Hall–Kier alpha value is -1.87. The van der Waals surface area contributed by atoms with E-state index >= 15 is 0 Å². The minimum Gasteiger partial charge on any atom is -0.495 e. The van der Waals surface area contributed by atoms with E-state index in [0.29, 0.717) is 10.7 Å². The van der Waals surface area contributed by atoms with Crippen molar-refractivity contribution in [3.05, 3.63) is 47.0 Å². The first-order valence-electron chi connectivity index (χ1n) is 5.57. The molecule has 4 heteroatoms. The van der Waals surface area contributed by atoms with E-state index in [-0.39, 0.29) is 0 Å². The second-order valence-electron chi connectivity index (χ2n) is 4.06. The molecule has 0 aliphatic carbocycles. The smallest absolute Gasteiger partial charge is 0.142 e. The Balaban J connectivity index is 2.36. The topological polar surface area (TPSA) is 47.3 Å². The number of nitrogens with two attached hydrogens (primary N) is 1. The Labute approximate surface area is 112 Å². The first-order chi connectivity index (χ1) is 8.60. The highest BCUT2D eigenvalue weighted by Gasteiger charge is 2.06. The van der Waals surface area contributed by atoms with Crippen LogP contribution in [0.1, 0.15) is 5.56 Å². The predicted octanol–water partition coefficient (Wildman–Crippen LogP) is 3.98. The lowest BCUT2D eigenvalue weighted by Gasteiger charge is -2.13. The number of nitrogen functional groups attached to an aromatic ring is 1. The molecular weight excluding hydrogens is 248 g/mol. The molecule has 0 atom stereocenters. The summed E-state index contributed by atoms with van der Waals surface area (Å²) < 4.78 is 5.31. The van der Waals surface area contributed by atoms with Gasteiger partial charge in [-0.15, -0.1) is 0 Å². The van der Waals surface area contributed by atoms with Gasteiger partial charge >= 0.3 is 0 Å². The summed E-state index contributed by atoms with van der Waals surface area (Å²) in [7, 11) is 1.64. The Morgan fingerprint density at radius 3 is 2.56 bits per heavy atom. The number of nitrogens with one attached hydrogen (secondary N) is 1. The van der Waals surface area contributed by atoms with Gasteiger partial charge in [-0.1, -0.05) is 17.7 Å². The fourth-order valence-corrected chi connectivity index (χ4v) is 1.89. The molecule has 0 aliphatic rings. The molecule has 3 nitrogen and oxygen atoms in total. The normalized spacial score (nSPS) is 10.2. The number of methoxy groups -OCH3 is 1. The highest BCUT2D eigenvalue weighted by atomic mass is 35.5. The minimum absolute atomic E-state index is 0.603. The summed E-state index contributed by atoms with van der Waals surface area (Å²) in [5.74, 6) is 0.773. The summed E-state index contributed by atoms with van der Waals surface area (Å²) in [6.07, 6.45) is 0. The molecule has 2 aromatic rings. The number of rotatable bonds is 3. The van der Waals surface area contributed by atoms with E-state index in [1.807, 2.05) is 31.2 Å². The largest absolute Gasteiger partial charge is 0.495 e. The van der Waals surface area contributed by atoms with Gasteiger partial charge in [-0.05, 0) is 42.8 Å². The average Bonchev–Trinajstić information content (AvgIpc) is 2.33. The van der Waals surface area contributed by atoms with Crippen LogP contribution in [0.15, 0.2) is 36.4 Å². The van der Waals surface area contributed by atoms with Crippen molar-refractivity contribution < 1.29 is 4.74 Å². The Morgan fingerprint density at radius 1 is 1.11 bits per heavy atom. The molecule has 0 bridgehead atoms. The van der Waals surface area contributed by atoms with Gasteiger partial charge in [0.15, 0.2) is 0 Å². The van der Waals surface area contributed by atoms with E-state index < -0.39 is 0 Å². The molecule has 0 unspecified atom stereocenters. The van der Waals surface area contributed by atoms with Crippen molar-refractivity contribution in [2.75, 3.05) is 18.2 Å². The van der Waals surface area contributed by atoms with Gasteiger partial charge in [0.1, 0.15) is 5.75 Å². The van der Waals surface area contributed by atoms with Gasteiger partial charge in [-0.3, -0.25) is 0 Å². The number of hydrogen-bond acceptors (Lipinski definition) is 3. The molecular formula is C14H15ClN2O. The van der Waals surface area contributed by atoms with Gasteiger partial charge in [-0.25, -0.2) is 0 Å². The highest BCUT2D eigenvalue weighted by Crippen LogP contribution is 2.31. The van der Waals surface area contributed by atoms with E-state index in [1.54, 1.807) is 19.2 Å². The summed E-state index contributed by atoms with van der Waals surface area (Å²) in [6, 6.07) is 11.3. The Bertz CT molecular complexity index is 570. The monoisotopic (exact) mass is 262 g/mol. The van der Waals surface area contributed by atoms with E-state index in [2.05, 4.69) is 5.32 Å². The summed E-state index contributed by atoms with van der Waals surface area (Å²) in [5, 5.41) is 3.87. The second kappa shape index (κ2) is 5.19.